The maximum absolute atomic E-state index is 11.6. The molecule has 0 amide bonds. The lowest BCUT2D eigenvalue weighted by Gasteiger charge is -2.07. The molecule has 0 saturated carbocycles. The molecule has 0 saturated heterocycles. The van der Waals surface area contributed by atoms with Crippen LogP contribution < -0.4 is 0 Å². The first kappa shape index (κ1) is 15.5. The summed E-state index contributed by atoms with van der Waals surface area (Å²) in [6, 6.07) is 5.69. The summed E-state index contributed by atoms with van der Waals surface area (Å²) in [6.07, 6.45) is 0.421. The van der Waals surface area contributed by atoms with E-state index in [2.05, 4.69) is 0 Å². The van der Waals surface area contributed by atoms with Crippen molar-refractivity contribution in [1.29, 1.82) is 0 Å². The molecular weight excluding hydrogens is 244 g/mol. The van der Waals surface area contributed by atoms with Crippen molar-refractivity contribution >= 4 is 23.9 Å². The molecule has 0 aliphatic carbocycles. The van der Waals surface area contributed by atoms with Gasteiger partial charge in [0.15, 0.2) is 5.78 Å². The molecule has 0 fully saturated rings. The summed E-state index contributed by atoms with van der Waals surface area (Å²) in [5, 5.41) is 10.4. The van der Waals surface area contributed by atoms with Crippen LogP contribution in [0.3, 0.4) is 0 Å². The minimum atomic E-state index is -0.478. The number of hydrogen-bond donors (Lipinski definition) is 0. The van der Waals surface area contributed by atoms with Crippen LogP contribution in [0.5, 0.6) is 0 Å². The van der Waals surface area contributed by atoms with Gasteiger partial charge in [0.2, 0.25) is 0 Å². The van der Waals surface area contributed by atoms with E-state index in [1.165, 1.54) is 24.3 Å². The lowest BCUT2D eigenvalue weighted by Crippen LogP contribution is -2.16. The second-order valence-corrected chi connectivity index (χ2v) is 3.78. The zero-order chi connectivity index (χ0) is 12.1. The van der Waals surface area contributed by atoms with Gasteiger partial charge < -0.3 is 4.90 Å². The first-order valence-electron chi connectivity index (χ1n) is 4.93. The van der Waals surface area contributed by atoms with E-state index in [0.717, 1.165) is 0 Å². The summed E-state index contributed by atoms with van der Waals surface area (Å²) in [5.41, 5.74) is 0.525. The van der Waals surface area contributed by atoms with Crippen molar-refractivity contribution in [2.75, 3.05) is 20.6 Å². The van der Waals surface area contributed by atoms with Crippen molar-refractivity contribution in [2.24, 2.45) is 0 Å². The Balaban J connectivity index is 0.00000256. The van der Waals surface area contributed by atoms with Crippen LogP contribution >= 0.6 is 12.4 Å². The Labute approximate surface area is 106 Å². The van der Waals surface area contributed by atoms with Crippen molar-refractivity contribution in [3.05, 3.63) is 39.9 Å². The minimum absolute atomic E-state index is 0. The fourth-order valence-electron chi connectivity index (χ4n) is 1.24. The van der Waals surface area contributed by atoms with Gasteiger partial charge in [0, 0.05) is 30.7 Å². The number of hydrogen-bond acceptors (Lipinski definition) is 4. The number of nitrogens with zero attached hydrogens (tertiary/aromatic N) is 2. The predicted octanol–water partition coefficient (Wildman–Crippen LogP) is 2.15. The van der Waals surface area contributed by atoms with Crippen LogP contribution in [0.25, 0.3) is 0 Å². The van der Waals surface area contributed by atoms with E-state index in [1.807, 2.05) is 19.0 Å². The van der Waals surface area contributed by atoms with E-state index >= 15 is 0 Å². The number of ketones is 1. The van der Waals surface area contributed by atoms with Gasteiger partial charge >= 0.3 is 0 Å². The molecule has 17 heavy (non-hydrogen) atoms. The zero-order valence-corrected chi connectivity index (χ0v) is 10.6. The van der Waals surface area contributed by atoms with Crippen LogP contribution in [0.1, 0.15) is 16.8 Å². The highest BCUT2D eigenvalue weighted by molar-refractivity contribution is 5.96. The van der Waals surface area contributed by atoms with Gasteiger partial charge in [-0.15, -0.1) is 12.4 Å². The van der Waals surface area contributed by atoms with E-state index in [9.17, 15) is 14.9 Å². The third-order valence-corrected chi connectivity index (χ3v) is 2.19. The van der Waals surface area contributed by atoms with E-state index in [1.54, 1.807) is 0 Å². The number of nitro benzene ring substituents is 1. The molecule has 0 heterocycles. The molecule has 0 aromatic heterocycles. The van der Waals surface area contributed by atoms with Crippen LogP contribution in [0.2, 0.25) is 0 Å². The van der Waals surface area contributed by atoms with E-state index < -0.39 is 4.92 Å². The highest BCUT2D eigenvalue weighted by Gasteiger charge is 2.09. The minimum Gasteiger partial charge on any atom is -0.309 e. The van der Waals surface area contributed by atoms with Crippen molar-refractivity contribution in [3.63, 3.8) is 0 Å². The largest absolute Gasteiger partial charge is 0.309 e. The quantitative estimate of drug-likeness (QED) is 0.461. The van der Waals surface area contributed by atoms with Crippen LogP contribution in [-0.2, 0) is 0 Å². The molecule has 0 spiro atoms. The maximum atomic E-state index is 11.6. The molecule has 6 heteroatoms. The predicted molar refractivity (Wildman–Crippen MR) is 67.8 cm³/mol. The fraction of sp³-hybridized carbons (Fsp3) is 0.364. The standard InChI is InChI=1S/C11H14N2O3.ClH/c1-12(2)8-7-11(14)9-3-5-10(6-4-9)13(15)16;/h3-6H,7-8H2,1-2H3;1H. The Morgan fingerprint density at radius 1 is 1.29 bits per heavy atom. The smallest absolute Gasteiger partial charge is 0.269 e. The molecule has 94 valence electrons. The zero-order valence-electron chi connectivity index (χ0n) is 9.75. The van der Waals surface area contributed by atoms with E-state index in [4.69, 9.17) is 0 Å². The highest BCUT2D eigenvalue weighted by atomic mass is 35.5. The first-order chi connectivity index (χ1) is 7.50. The Bertz CT molecular complexity index is 390. The Morgan fingerprint density at radius 2 is 1.82 bits per heavy atom. The number of carbonyl (C=O) groups is 1. The first-order valence-corrected chi connectivity index (χ1v) is 4.93. The molecule has 0 N–H and O–H groups in total. The van der Waals surface area contributed by atoms with Gasteiger partial charge in [0.1, 0.15) is 0 Å². The number of carbonyl (C=O) groups excluding carboxylic acids is 1. The SMILES string of the molecule is CN(C)CCC(=O)c1ccc([N+](=O)[O-])cc1.Cl. The van der Waals surface area contributed by atoms with Crippen LogP contribution in [0, 0.1) is 10.1 Å². The number of Topliss-reactive ketones (excluding diaryl/α,β-unsaturated/α-hetero) is 1. The molecule has 0 atom stereocenters. The van der Waals surface area contributed by atoms with Crippen LogP contribution in [0.15, 0.2) is 24.3 Å². The number of nitro groups is 1. The number of halogens is 1. The van der Waals surface area contributed by atoms with Gasteiger partial charge in [0.05, 0.1) is 4.92 Å². The summed E-state index contributed by atoms with van der Waals surface area (Å²) in [7, 11) is 3.78. The van der Waals surface area contributed by atoms with Gasteiger partial charge in [-0.2, -0.15) is 0 Å². The van der Waals surface area contributed by atoms with Crippen LogP contribution in [0.4, 0.5) is 5.69 Å². The number of rotatable bonds is 5. The topological polar surface area (TPSA) is 63.5 Å². The molecule has 0 aliphatic rings. The summed E-state index contributed by atoms with van der Waals surface area (Å²) >= 11 is 0. The summed E-state index contributed by atoms with van der Waals surface area (Å²) in [6.45, 7) is 0.676. The second kappa shape index (κ2) is 6.98. The molecule has 5 nitrogen and oxygen atoms in total. The van der Waals surface area contributed by atoms with Gasteiger partial charge in [-0.25, -0.2) is 0 Å². The lowest BCUT2D eigenvalue weighted by molar-refractivity contribution is -0.384. The van der Waals surface area contributed by atoms with Crippen molar-refractivity contribution in [1.82, 2.24) is 4.90 Å². The molecule has 0 bridgehead atoms. The fourth-order valence-corrected chi connectivity index (χ4v) is 1.24. The third kappa shape index (κ3) is 4.93. The maximum Gasteiger partial charge on any atom is 0.269 e. The molecular formula is C11H15ClN2O3. The molecule has 1 aromatic carbocycles. The van der Waals surface area contributed by atoms with Gasteiger partial charge in [-0.3, -0.25) is 14.9 Å². The van der Waals surface area contributed by atoms with E-state index in [-0.39, 0.29) is 23.9 Å². The molecule has 0 aliphatic heterocycles. The molecule has 1 aromatic rings. The average Bonchev–Trinajstić information content (AvgIpc) is 2.26. The van der Waals surface area contributed by atoms with Gasteiger partial charge in [-0.05, 0) is 26.2 Å². The molecule has 0 radical (unpaired) electrons. The normalized spacial score (nSPS) is 9.82. The van der Waals surface area contributed by atoms with Crippen molar-refractivity contribution in [3.8, 4) is 0 Å². The summed E-state index contributed by atoms with van der Waals surface area (Å²) < 4.78 is 0. The molecule has 0 unspecified atom stereocenters. The van der Waals surface area contributed by atoms with Crippen molar-refractivity contribution < 1.29 is 9.72 Å². The van der Waals surface area contributed by atoms with Crippen LogP contribution in [-0.4, -0.2) is 36.2 Å². The Morgan fingerprint density at radius 3 is 2.24 bits per heavy atom. The summed E-state index contributed by atoms with van der Waals surface area (Å²) in [5.74, 6) is 0.00333. The molecule has 1 rings (SSSR count). The Hall–Kier alpha value is -1.46. The number of non-ortho nitro benzene ring substituents is 1. The third-order valence-electron chi connectivity index (χ3n) is 2.19. The number of benzene rings is 1. The highest BCUT2D eigenvalue weighted by Crippen LogP contribution is 2.13. The average molecular weight is 259 g/mol. The Kier molecular flexibility index (Phi) is 6.38. The summed E-state index contributed by atoms with van der Waals surface area (Å²) in [4.78, 5) is 23.5. The van der Waals surface area contributed by atoms with E-state index in [0.29, 0.717) is 18.5 Å². The van der Waals surface area contributed by atoms with Crippen molar-refractivity contribution in [2.45, 2.75) is 6.42 Å². The lowest BCUT2D eigenvalue weighted by atomic mass is 10.1. The monoisotopic (exact) mass is 258 g/mol. The second-order valence-electron chi connectivity index (χ2n) is 3.78. The van der Waals surface area contributed by atoms with Gasteiger partial charge in [-0.1, -0.05) is 0 Å². The van der Waals surface area contributed by atoms with Gasteiger partial charge in [0.25, 0.3) is 5.69 Å².